The maximum absolute atomic E-state index is 12.3. The number of aryl methyl sites for hydroxylation is 2. The van der Waals surface area contributed by atoms with E-state index in [2.05, 4.69) is 27.3 Å². The zero-order chi connectivity index (χ0) is 16.4. The minimum atomic E-state index is -0.214. The third kappa shape index (κ3) is 3.79. The summed E-state index contributed by atoms with van der Waals surface area (Å²) in [5.41, 5.74) is 2.10. The molecule has 0 aromatic carbocycles. The maximum atomic E-state index is 12.3. The molecule has 0 saturated carbocycles. The molecule has 1 aliphatic rings. The lowest BCUT2D eigenvalue weighted by molar-refractivity contribution is 0.102. The molecule has 0 atom stereocenters. The largest absolute Gasteiger partial charge is 0.361 e. The number of piperidine rings is 1. The molecule has 124 valence electrons. The minimum absolute atomic E-state index is 0.214. The molecule has 1 saturated heterocycles. The summed E-state index contributed by atoms with van der Waals surface area (Å²) >= 11 is 1.46. The number of carbonyl (C=O) groups is 1. The predicted molar refractivity (Wildman–Crippen MR) is 89.7 cm³/mol. The highest BCUT2D eigenvalue weighted by Gasteiger charge is 2.20. The van der Waals surface area contributed by atoms with Crippen LogP contribution in [-0.2, 0) is 6.54 Å². The van der Waals surface area contributed by atoms with Crippen molar-refractivity contribution in [2.75, 3.05) is 18.4 Å². The first-order valence-electron chi connectivity index (χ1n) is 7.94. The van der Waals surface area contributed by atoms with Gasteiger partial charge in [-0.05, 0) is 45.7 Å². The van der Waals surface area contributed by atoms with Gasteiger partial charge in [-0.3, -0.25) is 15.0 Å². The lowest BCUT2D eigenvalue weighted by Crippen LogP contribution is -2.32. The molecular weight excluding hydrogens is 312 g/mol. The molecule has 6 nitrogen and oxygen atoms in total. The van der Waals surface area contributed by atoms with Gasteiger partial charge in [-0.1, -0.05) is 12.1 Å². The van der Waals surface area contributed by atoms with E-state index in [1.165, 1.54) is 24.2 Å². The summed E-state index contributed by atoms with van der Waals surface area (Å²) in [6.45, 7) is 8.90. The van der Waals surface area contributed by atoms with Gasteiger partial charge < -0.3 is 4.52 Å². The number of carbonyl (C=O) groups excluding carboxylic acids is 1. The van der Waals surface area contributed by atoms with Crippen molar-refractivity contribution in [1.29, 1.82) is 0 Å². The van der Waals surface area contributed by atoms with Crippen molar-refractivity contribution in [3.63, 3.8) is 0 Å². The van der Waals surface area contributed by atoms with Crippen molar-refractivity contribution in [3.05, 3.63) is 28.1 Å². The number of nitrogens with one attached hydrogen (secondary N) is 1. The molecule has 2 aromatic heterocycles. The Kier molecular flexibility index (Phi) is 4.77. The molecule has 2 aromatic rings. The van der Waals surface area contributed by atoms with Crippen LogP contribution in [0.4, 0.5) is 5.13 Å². The smallest absolute Gasteiger partial charge is 0.262 e. The van der Waals surface area contributed by atoms with Crippen molar-refractivity contribution in [2.24, 2.45) is 5.92 Å². The lowest BCUT2D eigenvalue weighted by atomic mass is 9.99. The van der Waals surface area contributed by atoms with Crippen LogP contribution >= 0.6 is 11.3 Å². The first-order chi connectivity index (χ1) is 11.0. The molecule has 0 bridgehead atoms. The number of hydrogen-bond donors (Lipinski definition) is 1. The van der Waals surface area contributed by atoms with Gasteiger partial charge in [-0.15, -0.1) is 11.3 Å². The molecule has 1 amide bonds. The van der Waals surface area contributed by atoms with Crippen LogP contribution in [0.15, 0.2) is 9.90 Å². The van der Waals surface area contributed by atoms with E-state index in [9.17, 15) is 4.79 Å². The number of anilines is 1. The van der Waals surface area contributed by atoms with E-state index in [4.69, 9.17) is 4.52 Å². The number of rotatable bonds is 4. The summed E-state index contributed by atoms with van der Waals surface area (Å²) in [6.07, 6.45) is 2.50. The summed E-state index contributed by atoms with van der Waals surface area (Å²) in [5.74, 6) is 1.14. The topological polar surface area (TPSA) is 71.3 Å². The number of amides is 1. The summed E-state index contributed by atoms with van der Waals surface area (Å²) in [5, 5.41) is 9.28. The van der Waals surface area contributed by atoms with Gasteiger partial charge in [0.2, 0.25) is 0 Å². The van der Waals surface area contributed by atoms with Crippen LogP contribution in [0, 0.1) is 19.8 Å². The summed E-state index contributed by atoms with van der Waals surface area (Å²) in [6, 6.07) is 0. The Labute approximate surface area is 139 Å². The van der Waals surface area contributed by atoms with Crippen LogP contribution in [0.1, 0.15) is 47.3 Å². The Morgan fingerprint density at radius 3 is 2.83 bits per heavy atom. The van der Waals surface area contributed by atoms with E-state index < -0.39 is 0 Å². The average molecular weight is 334 g/mol. The highest BCUT2D eigenvalue weighted by Crippen LogP contribution is 2.22. The van der Waals surface area contributed by atoms with Crippen LogP contribution in [-0.4, -0.2) is 34.0 Å². The second-order valence-corrected chi connectivity index (χ2v) is 7.11. The normalized spacial score (nSPS) is 16.7. The first-order valence-corrected chi connectivity index (χ1v) is 8.82. The fraction of sp³-hybridized carbons (Fsp3) is 0.562. The average Bonchev–Trinajstić information content (AvgIpc) is 3.08. The van der Waals surface area contributed by atoms with Crippen molar-refractivity contribution in [2.45, 2.75) is 40.2 Å². The van der Waals surface area contributed by atoms with Crippen molar-refractivity contribution in [1.82, 2.24) is 15.0 Å². The molecule has 0 spiro atoms. The van der Waals surface area contributed by atoms with Gasteiger partial charge >= 0.3 is 0 Å². The quantitative estimate of drug-likeness (QED) is 0.929. The van der Waals surface area contributed by atoms with Crippen LogP contribution in [0.3, 0.4) is 0 Å². The van der Waals surface area contributed by atoms with Gasteiger partial charge in [0, 0.05) is 11.9 Å². The van der Waals surface area contributed by atoms with Gasteiger partial charge in [-0.2, -0.15) is 0 Å². The molecule has 1 aliphatic heterocycles. The second kappa shape index (κ2) is 6.80. The lowest BCUT2D eigenvalue weighted by Gasteiger charge is -2.29. The minimum Gasteiger partial charge on any atom is -0.361 e. The summed E-state index contributed by atoms with van der Waals surface area (Å²) in [7, 11) is 0. The van der Waals surface area contributed by atoms with Crippen LogP contribution in [0.5, 0.6) is 0 Å². The molecular formula is C16H22N4O2S. The van der Waals surface area contributed by atoms with Gasteiger partial charge in [0.05, 0.1) is 11.4 Å². The van der Waals surface area contributed by atoms with Crippen LogP contribution < -0.4 is 5.32 Å². The van der Waals surface area contributed by atoms with E-state index in [0.717, 1.165) is 31.2 Å². The molecule has 0 radical (unpaired) electrons. The molecule has 0 unspecified atom stereocenters. The van der Waals surface area contributed by atoms with E-state index in [1.54, 1.807) is 13.8 Å². The van der Waals surface area contributed by atoms with E-state index >= 15 is 0 Å². The zero-order valence-corrected chi connectivity index (χ0v) is 14.6. The van der Waals surface area contributed by atoms with E-state index in [1.807, 2.05) is 5.38 Å². The fourth-order valence-corrected chi connectivity index (χ4v) is 3.55. The predicted octanol–water partition coefficient (Wildman–Crippen LogP) is 3.23. The number of aromatic nitrogens is 2. The van der Waals surface area contributed by atoms with Crippen molar-refractivity contribution < 1.29 is 9.32 Å². The monoisotopic (exact) mass is 334 g/mol. The van der Waals surface area contributed by atoms with E-state index in [0.29, 0.717) is 22.1 Å². The highest BCUT2D eigenvalue weighted by atomic mass is 32.1. The van der Waals surface area contributed by atoms with Crippen LogP contribution in [0.25, 0.3) is 0 Å². The molecule has 7 heteroatoms. The third-order valence-corrected chi connectivity index (χ3v) is 5.10. The Morgan fingerprint density at radius 1 is 1.43 bits per heavy atom. The van der Waals surface area contributed by atoms with E-state index in [-0.39, 0.29) is 5.91 Å². The molecule has 3 rings (SSSR count). The summed E-state index contributed by atoms with van der Waals surface area (Å²) < 4.78 is 5.03. The standard InChI is InChI=1S/C16H22N4O2S/c1-10-4-6-20(7-5-10)8-13-9-23-16(17-13)18-15(21)14-11(2)19-22-12(14)3/h9-10H,4-8H2,1-3H3,(H,17,18,21). The van der Waals surface area contributed by atoms with Gasteiger partial charge in [0.25, 0.3) is 5.91 Å². The van der Waals surface area contributed by atoms with Gasteiger partial charge in [0.15, 0.2) is 5.13 Å². The Balaban J connectivity index is 1.60. The molecule has 3 heterocycles. The SMILES string of the molecule is Cc1noc(C)c1C(=O)Nc1nc(CN2CCC(C)CC2)cs1. The molecule has 23 heavy (non-hydrogen) atoms. The first kappa shape index (κ1) is 16.1. The Bertz CT molecular complexity index is 667. The van der Waals surface area contributed by atoms with Gasteiger partial charge in [-0.25, -0.2) is 4.98 Å². The number of likely N-dealkylation sites (tertiary alicyclic amines) is 1. The molecule has 0 aliphatic carbocycles. The van der Waals surface area contributed by atoms with Crippen LogP contribution in [0.2, 0.25) is 0 Å². The summed E-state index contributed by atoms with van der Waals surface area (Å²) in [4.78, 5) is 19.2. The van der Waals surface area contributed by atoms with Crippen molar-refractivity contribution >= 4 is 22.4 Å². The fourth-order valence-electron chi connectivity index (χ4n) is 2.85. The number of nitrogens with zero attached hydrogens (tertiary/aromatic N) is 3. The third-order valence-electron chi connectivity index (χ3n) is 4.29. The molecule has 1 fully saturated rings. The van der Waals surface area contributed by atoms with Gasteiger partial charge in [0.1, 0.15) is 11.3 Å². The molecule has 1 N–H and O–H groups in total. The number of thiazole rings is 1. The Hall–Kier alpha value is -1.73. The van der Waals surface area contributed by atoms with Crippen molar-refractivity contribution in [3.8, 4) is 0 Å². The second-order valence-electron chi connectivity index (χ2n) is 6.26. The number of hydrogen-bond acceptors (Lipinski definition) is 6. The zero-order valence-electron chi connectivity index (χ0n) is 13.8. The highest BCUT2D eigenvalue weighted by molar-refractivity contribution is 7.13. The Morgan fingerprint density at radius 2 is 2.17 bits per heavy atom. The maximum Gasteiger partial charge on any atom is 0.262 e.